The maximum absolute atomic E-state index is 6.25. The van der Waals surface area contributed by atoms with Crippen molar-refractivity contribution in [2.24, 2.45) is 5.92 Å². The van der Waals surface area contributed by atoms with Gasteiger partial charge in [0.1, 0.15) is 5.82 Å². The van der Waals surface area contributed by atoms with E-state index < -0.39 is 0 Å². The molecule has 20 heavy (non-hydrogen) atoms. The topological polar surface area (TPSA) is 28.2 Å². The second kappa shape index (κ2) is 7.84. The molecule has 0 spiro atoms. The summed E-state index contributed by atoms with van der Waals surface area (Å²) in [6, 6.07) is 4.82. The average Bonchev–Trinajstić information content (AvgIpc) is 2.34. The molecule has 0 aromatic carbocycles. The van der Waals surface area contributed by atoms with E-state index >= 15 is 0 Å². The highest BCUT2D eigenvalue weighted by Crippen LogP contribution is 2.22. The van der Waals surface area contributed by atoms with Crippen molar-refractivity contribution in [1.29, 1.82) is 0 Å². The second-order valence-corrected chi connectivity index (χ2v) is 6.68. The minimum absolute atomic E-state index is 0.424. The van der Waals surface area contributed by atoms with Gasteiger partial charge in [-0.2, -0.15) is 0 Å². The summed E-state index contributed by atoms with van der Waals surface area (Å²) >= 11 is 6.25. The van der Waals surface area contributed by atoms with E-state index in [1.165, 1.54) is 0 Å². The second-order valence-electron chi connectivity index (χ2n) is 6.27. The van der Waals surface area contributed by atoms with Gasteiger partial charge in [-0.1, -0.05) is 39.3 Å². The van der Waals surface area contributed by atoms with Crippen LogP contribution >= 0.6 is 11.6 Å². The SMILES string of the molecule is CC(C)CN(c1ccc(Cl)c(CNC(C)C)n1)C(C)C. The Balaban J connectivity index is 2.96. The zero-order chi connectivity index (χ0) is 15.3. The van der Waals surface area contributed by atoms with Gasteiger partial charge in [0.2, 0.25) is 0 Å². The van der Waals surface area contributed by atoms with Crippen molar-refractivity contribution in [2.75, 3.05) is 11.4 Å². The predicted molar refractivity (Wildman–Crippen MR) is 88.5 cm³/mol. The van der Waals surface area contributed by atoms with Crippen LogP contribution in [0.2, 0.25) is 5.02 Å². The van der Waals surface area contributed by atoms with Crippen LogP contribution in [-0.2, 0) is 6.54 Å². The summed E-state index contributed by atoms with van der Waals surface area (Å²) in [6.45, 7) is 14.8. The lowest BCUT2D eigenvalue weighted by molar-refractivity contribution is 0.560. The lowest BCUT2D eigenvalue weighted by Gasteiger charge is -2.30. The Morgan fingerprint density at radius 2 is 1.80 bits per heavy atom. The number of hydrogen-bond donors (Lipinski definition) is 1. The number of rotatable bonds is 7. The summed E-state index contributed by atoms with van der Waals surface area (Å²) in [5, 5.41) is 4.10. The number of halogens is 1. The molecule has 0 fully saturated rings. The molecule has 0 amide bonds. The van der Waals surface area contributed by atoms with Crippen molar-refractivity contribution >= 4 is 17.4 Å². The third-order valence-corrected chi connectivity index (χ3v) is 3.41. The van der Waals surface area contributed by atoms with E-state index in [-0.39, 0.29) is 0 Å². The van der Waals surface area contributed by atoms with Crippen molar-refractivity contribution in [2.45, 2.75) is 60.2 Å². The lowest BCUT2D eigenvalue weighted by Crippen LogP contribution is -2.35. The van der Waals surface area contributed by atoms with E-state index in [2.05, 4.69) is 51.8 Å². The fraction of sp³-hybridized carbons (Fsp3) is 0.688. The van der Waals surface area contributed by atoms with Gasteiger partial charge in [-0.05, 0) is 31.9 Å². The van der Waals surface area contributed by atoms with Gasteiger partial charge < -0.3 is 10.2 Å². The highest BCUT2D eigenvalue weighted by molar-refractivity contribution is 6.31. The molecule has 114 valence electrons. The van der Waals surface area contributed by atoms with Crippen LogP contribution in [0.1, 0.15) is 47.2 Å². The van der Waals surface area contributed by atoms with Gasteiger partial charge in [0, 0.05) is 25.2 Å². The first-order valence-electron chi connectivity index (χ1n) is 7.46. The summed E-state index contributed by atoms with van der Waals surface area (Å²) in [5.74, 6) is 1.62. The highest BCUT2D eigenvalue weighted by atomic mass is 35.5. The number of nitrogens with one attached hydrogen (secondary N) is 1. The Labute approximate surface area is 128 Å². The van der Waals surface area contributed by atoms with Crippen molar-refractivity contribution in [3.63, 3.8) is 0 Å². The number of hydrogen-bond acceptors (Lipinski definition) is 3. The first-order chi connectivity index (χ1) is 9.31. The molecule has 4 heteroatoms. The monoisotopic (exact) mass is 297 g/mol. The molecule has 0 aliphatic rings. The predicted octanol–water partition coefficient (Wildman–Crippen LogP) is 4.10. The van der Waals surface area contributed by atoms with Crippen LogP contribution < -0.4 is 10.2 Å². The standard InChI is InChI=1S/C16H28ClN3/c1-11(2)10-20(13(5)6)16-8-7-14(17)15(19-16)9-18-12(3)4/h7-8,11-13,18H,9-10H2,1-6H3. The molecule has 1 N–H and O–H groups in total. The zero-order valence-corrected chi connectivity index (χ0v) is 14.3. The third-order valence-electron chi connectivity index (χ3n) is 3.06. The van der Waals surface area contributed by atoms with Crippen molar-refractivity contribution < 1.29 is 0 Å². The average molecular weight is 298 g/mol. The van der Waals surface area contributed by atoms with Gasteiger partial charge in [-0.3, -0.25) is 0 Å². The van der Waals surface area contributed by atoms with Crippen LogP contribution in [0, 0.1) is 5.92 Å². The van der Waals surface area contributed by atoms with E-state index in [1.807, 2.05) is 12.1 Å². The third kappa shape index (κ3) is 5.29. The molecular formula is C16H28ClN3. The Hall–Kier alpha value is -0.800. The minimum Gasteiger partial charge on any atom is -0.354 e. The fourth-order valence-electron chi connectivity index (χ4n) is 2.02. The molecule has 0 saturated carbocycles. The Bertz CT molecular complexity index is 416. The molecule has 1 aromatic heterocycles. The normalized spacial score (nSPS) is 11.7. The lowest BCUT2D eigenvalue weighted by atomic mass is 10.1. The van der Waals surface area contributed by atoms with Gasteiger partial charge in [-0.25, -0.2) is 4.98 Å². The molecule has 0 radical (unpaired) electrons. The minimum atomic E-state index is 0.424. The van der Waals surface area contributed by atoms with E-state index in [0.717, 1.165) is 23.1 Å². The molecule has 3 nitrogen and oxygen atoms in total. The van der Waals surface area contributed by atoms with Crippen molar-refractivity contribution in [1.82, 2.24) is 10.3 Å². The van der Waals surface area contributed by atoms with Crippen LogP contribution in [0.15, 0.2) is 12.1 Å². The summed E-state index contributed by atoms with van der Waals surface area (Å²) in [6.07, 6.45) is 0. The molecule has 1 rings (SSSR count). The maximum Gasteiger partial charge on any atom is 0.129 e. The Morgan fingerprint density at radius 3 is 2.30 bits per heavy atom. The van der Waals surface area contributed by atoms with E-state index in [0.29, 0.717) is 24.5 Å². The van der Waals surface area contributed by atoms with Crippen LogP contribution in [0.5, 0.6) is 0 Å². The molecule has 0 unspecified atom stereocenters. The summed E-state index contributed by atoms with van der Waals surface area (Å²) < 4.78 is 0. The van der Waals surface area contributed by atoms with Gasteiger partial charge in [0.25, 0.3) is 0 Å². The molecule has 1 heterocycles. The van der Waals surface area contributed by atoms with Gasteiger partial charge in [-0.15, -0.1) is 0 Å². The van der Waals surface area contributed by atoms with Crippen molar-refractivity contribution in [3.05, 3.63) is 22.8 Å². The summed E-state index contributed by atoms with van der Waals surface area (Å²) in [7, 11) is 0. The molecule has 0 aliphatic heterocycles. The van der Waals surface area contributed by atoms with Crippen LogP contribution in [0.25, 0.3) is 0 Å². The van der Waals surface area contributed by atoms with Gasteiger partial charge in [0.05, 0.1) is 10.7 Å². The van der Waals surface area contributed by atoms with Gasteiger partial charge >= 0.3 is 0 Å². The number of pyridine rings is 1. The molecule has 0 aliphatic carbocycles. The van der Waals surface area contributed by atoms with Crippen LogP contribution in [0.3, 0.4) is 0 Å². The summed E-state index contributed by atoms with van der Waals surface area (Å²) in [5.41, 5.74) is 0.923. The largest absolute Gasteiger partial charge is 0.354 e. The number of nitrogens with zero attached hydrogens (tertiary/aromatic N) is 2. The first-order valence-corrected chi connectivity index (χ1v) is 7.84. The molecular weight excluding hydrogens is 270 g/mol. The Morgan fingerprint density at radius 1 is 1.15 bits per heavy atom. The summed E-state index contributed by atoms with van der Waals surface area (Å²) in [4.78, 5) is 7.08. The van der Waals surface area contributed by atoms with Gasteiger partial charge in [0.15, 0.2) is 0 Å². The van der Waals surface area contributed by atoms with Crippen LogP contribution in [-0.4, -0.2) is 23.6 Å². The maximum atomic E-state index is 6.25. The molecule has 1 aromatic rings. The smallest absolute Gasteiger partial charge is 0.129 e. The van der Waals surface area contributed by atoms with Crippen LogP contribution in [0.4, 0.5) is 5.82 Å². The van der Waals surface area contributed by atoms with Crippen molar-refractivity contribution in [3.8, 4) is 0 Å². The number of anilines is 1. The molecule has 0 atom stereocenters. The van der Waals surface area contributed by atoms with E-state index in [4.69, 9.17) is 16.6 Å². The fourth-order valence-corrected chi connectivity index (χ4v) is 2.19. The van der Waals surface area contributed by atoms with E-state index in [1.54, 1.807) is 0 Å². The highest BCUT2D eigenvalue weighted by Gasteiger charge is 2.15. The zero-order valence-electron chi connectivity index (χ0n) is 13.6. The number of aromatic nitrogens is 1. The van der Waals surface area contributed by atoms with E-state index in [9.17, 15) is 0 Å². The first kappa shape index (κ1) is 17.3. The quantitative estimate of drug-likeness (QED) is 0.821. The molecule has 0 saturated heterocycles. The Kier molecular flexibility index (Phi) is 6.77. The molecule has 0 bridgehead atoms.